The summed E-state index contributed by atoms with van der Waals surface area (Å²) in [6.45, 7) is 0.696. The van der Waals surface area contributed by atoms with Gasteiger partial charge in [0, 0.05) is 27.3 Å². The van der Waals surface area contributed by atoms with Crippen LogP contribution in [0.15, 0.2) is 54.7 Å². The smallest absolute Gasteiger partial charge is 0.183 e. The van der Waals surface area contributed by atoms with Gasteiger partial charge in [-0.3, -0.25) is 0 Å². The van der Waals surface area contributed by atoms with Gasteiger partial charge in [0.1, 0.15) is 0 Å². The first-order valence-electron chi connectivity index (χ1n) is 6.41. The van der Waals surface area contributed by atoms with Gasteiger partial charge in [0.15, 0.2) is 4.47 Å². The van der Waals surface area contributed by atoms with Gasteiger partial charge >= 0.3 is 0 Å². The summed E-state index contributed by atoms with van der Waals surface area (Å²) < 4.78 is 0.565. The molecule has 3 aromatic rings. The number of aromatic nitrogens is 1. The molecule has 0 aliphatic heterocycles. The standard InChI is InChI=1S/C16H12Cl2N2S/c17-12-5-3-4-11(8-12)14-6-1-2-7-15(14)19-9-13-10-20-16(18)21-13/h1-8,10,19H,9H2. The van der Waals surface area contributed by atoms with E-state index in [0.29, 0.717) is 11.0 Å². The molecule has 2 nitrogen and oxygen atoms in total. The highest BCUT2D eigenvalue weighted by atomic mass is 35.5. The minimum absolute atomic E-state index is 0.565. The molecule has 0 bridgehead atoms. The molecule has 0 radical (unpaired) electrons. The average Bonchev–Trinajstić information content (AvgIpc) is 2.91. The van der Waals surface area contributed by atoms with Crippen LogP contribution in [-0.4, -0.2) is 4.98 Å². The maximum atomic E-state index is 6.08. The predicted octanol–water partition coefficient (Wildman–Crippen LogP) is 5.73. The first-order valence-corrected chi connectivity index (χ1v) is 7.98. The van der Waals surface area contributed by atoms with Gasteiger partial charge in [-0.05, 0) is 23.8 Å². The van der Waals surface area contributed by atoms with Crippen LogP contribution >= 0.6 is 34.5 Å². The minimum Gasteiger partial charge on any atom is -0.380 e. The van der Waals surface area contributed by atoms with Crippen LogP contribution < -0.4 is 5.32 Å². The summed E-state index contributed by atoms with van der Waals surface area (Å²) in [6, 6.07) is 16.0. The lowest BCUT2D eigenvalue weighted by Gasteiger charge is -2.11. The summed E-state index contributed by atoms with van der Waals surface area (Å²) in [5.41, 5.74) is 3.27. The summed E-state index contributed by atoms with van der Waals surface area (Å²) in [4.78, 5) is 5.15. The molecule has 1 heterocycles. The Labute approximate surface area is 137 Å². The largest absolute Gasteiger partial charge is 0.380 e. The predicted molar refractivity (Wildman–Crippen MR) is 91.3 cm³/mol. The number of hydrogen-bond acceptors (Lipinski definition) is 3. The molecule has 0 spiro atoms. The molecule has 0 aliphatic rings. The van der Waals surface area contributed by atoms with Gasteiger partial charge in [0.25, 0.3) is 0 Å². The maximum Gasteiger partial charge on any atom is 0.183 e. The van der Waals surface area contributed by atoms with Gasteiger partial charge < -0.3 is 5.32 Å². The Hall–Kier alpha value is -1.55. The highest BCUT2D eigenvalue weighted by Gasteiger charge is 2.06. The summed E-state index contributed by atoms with van der Waals surface area (Å²) >= 11 is 13.4. The number of rotatable bonds is 4. The zero-order valence-corrected chi connectivity index (χ0v) is 13.3. The lowest BCUT2D eigenvalue weighted by atomic mass is 10.0. The van der Waals surface area contributed by atoms with Crippen molar-refractivity contribution in [2.45, 2.75) is 6.54 Å². The Kier molecular flexibility index (Phi) is 4.44. The van der Waals surface area contributed by atoms with Crippen molar-refractivity contribution in [3.63, 3.8) is 0 Å². The zero-order valence-electron chi connectivity index (χ0n) is 11.0. The SMILES string of the molecule is Clc1cccc(-c2ccccc2NCc2cnc(Cl)s2)c1. The molecular formula is C16H12Cl2N2S. The highest BCUT2D eigenvalue weighted by Crippen LogP contribution is 2.30. The Morgan fingerprint density at radius 3 is 2.67 bits per heavy atom. The molecule has 0 amide bonds. The number of para-hydroxylation sites is 1. The molecule has 3 rings (SSSR count). The van der Waals surface area contributed by atoms with E-state index in [2.05, 4.69) is 28.5 Å². The van der Waals surface area contributed by atoms with Gasteiger partial charge in [-0.15, -0.1) is 11.3 Å². The Morgan fingerprint density at radius 1 is 1.05 bits per heavy atom. The van der Waals surface area contributed by atoms with Gasteiger partial charge in [-0.2, -0.15) is 0 Å². The van der Waals surface area contributed by atoms with Crippen molar-refractivity contribution in [1.82, 2.24) is 4.98 Å². The fourth-order valence-corrected chi connectivity index (χ4v) is 3.20. The molecule has 2 aromatic carbocycles. The van der Waals surface area contributed by atoms with Crippen molar-refractivity contribution < 1.29 is 0 Å². The van der Waals surface area contributed by atoms with Crippen molar-refractivity contribution in [3.8, 4) is 11.1 Å². The monoisotopic (exact) mass is 334 g/mol. The average molecular weight is 335 g/mol. The molecule has 1 N–H and O–H groups in total. The van der Waals surface area contributed by atoms with E-state index in [1.807, 2.05) is 30.3 Å². The number of thiazole rings is 1. The highest BCUT2D eigenvalue weighted by molar-refractivity contribution is 7.15. The molecule has 0 atom stereocenters. The van der Waals surface area contributed by atoms with E-state index in [1.165, 1.54) is 11.3 Å². The van der Waals surface area contributed by atoms with Gasteiger partial charge in [-0.25, -0.2) is 4.98 Å². The number of benzene rings is 2. The first kappa shape index (κ1) is 14.4. The maximum absolute atomic E-state index is 6.08. The summed E-state index contributed by atoms with van der Waals surface area (Å²) in [5, 5.41) is 4.16. The molecule has 0 aliphatic carbocycles. The molecule has 5 heteroatoms. The first-order chi connectivity index (χ1) is 10.2. The number of nitrogens with zero attached hydrogens (tertiary/aromatic N) is 1. The van der Waals surface area contributed by atoms with Crippen LogP contribution in [0, 0.1) is 0 Å². The fourth-order valence-electron chi connectivity index (χ4n) is 2.09. The quantitative estimate of drug-likeness (QED) is 0.659. The van der Waals surface area contributed by atoms with E-state index in [9.17, 15) is 0 Å². The third kappa shape index (κ3) is 3.56. The Balaban J connectivity index is 1.86. The summed E-state index contributed by atoms with van der Waals surface area (Å²) in [5.74, 6) is 0. The summed E-state index contributed by atoms with van der Waals surface area (Å²) in [7, 11) is 0. The molecule has 1 aromatic heterocycles. The van der Waals surface area contributed by atoms with E-state index in [-0.39, 0.29) is 0 Å². The zero-order chi connectivity index (χ0) is 14.7. The van der Waals surface area contributed by atoms with Gasteiger partial charge in [-0.1, -0.05) is 53.5 Å². The number of nitrogens with one attached hydrogen (secondary N) is 1. The van der Waals surface area contributed by atoms with Crippen LogP contribution in [0.5, 0.6) is 0 Å². The third-order valence-corrected chi connectivity index (χ3v) is 4.39. The van der Waals surface area contributed by atoms with Crippen LogP contribution in [0.4, 0.5) is 5.69 Å². The van der Waals surface area contributed by atoms with Gasteiger partial charge in [0.2, 0.25) is 0 Å². The lowest BCUT2D eigenvalue weighted by molar-refractivity contribution is 1.18. The second-order valence-corrected chi connectivity index (χ2v) is 6.62. The molecule has 0 fully saturated rings. The van der Waals surface area contributed by atoms with Crippen LogP contribution in [0.1, 0.15) is 4.88 Å². The van der Waals surface area contributed by atoms with Crippen LogP contribution in [0.2, 0.25) is 9.49 Å². The number of halogens is 2. The molecule has 0 unspecified atom stereocenters. The topological polar surface area (TPSA) is 24.9 Å². The molecule has 0 saturated carbocycles. The van der Waals surface area contributed by atoms with Crippen molar-refractivity contribution in [2.75, 3.05) is 5.32 Å². The van der Waals surface area contributed by atoms with E-state index in [4.69, 9.17) is 23.2 Å². The molecule has 21 heavy (non-hydrogen) atoms. The van der Waals surface area contributed by atoms with Crippen molar-refractivity contribution in [3.05, 3.63) is 69.1 Å². The summed E-state index contributed by atoms with van der Waals surface area (Å²) in [6.07, 6.45) is 1.79. The van der Waals surface area contributed by atoms with E-state index >= 15 is 0 Å². The van der Waals surface area contributed by atoms with E-state index in [0.717, 1.165) is 26.7 Å². The number of anilines is 1. The van der Waals surface area contributed by atoms with Crippen LogP contribution in [0.3, 0.4) is 0 Å². The Morgan fingerprint density at radius 2 is 1.90 bits per heavy atom. The van der Waals surface area contributed by atoms with E-state index < -0.39 is 0 Å². The third-order valence-electron chi connectivity index (χ3n) is 3.04. The Bertz CT molecular complexity index is 755. The van der Waals surface area contributed by atoms with E-state index in [1.54, 1.807) is 6.20 Å². The molecule has 0 saturated heterocycles. The normalized spacial score (nSPS) is 10.6. The van der Waals surface area contributed by atoms with Gasteiger partial charge in [0.05, 0.1) is 6.54 Å². The second-order valence-electron chi connectivity index (χ2n) is 4.49. The molecular weight excluding hydrogens is 323 g/mol. The lowest BCUT2D eigenvalue weighted by Crippen LogP contribution is -1.99. The number of hydrogen-bond donors (Lipinski definition) is 1. The fraction of sp³-hybridized carbons (Fsp3) is 0.0625. The van der Waals surface area contributed by atoms with Crippen molar-refractivity contribution >= 4 is 40.2 Å². The molecule has 106 valence electrons. The van der Waals surface area contributed by atoms with Crippen molar-refractivity contribution in [1.29, 1.82) is 0 Å². The van der Waals surface area contributed by atoms with Crippen LogP contribution in [-0.2, 0) is 6.54 Å². The minimum atomic E-state index is 0.565. The van der Waals surface area contributed by atoms with Crippen LogP contribution in [0.25, 0.3) is 11.1 Å². The van der Waals surface area contributed by atoms with Crippen molar-refractivity contribution in [2.24, 2.45) is 0 Å². The second kappa shape index (κ2) is 6.48.